The number of nitrogens with one attached hydrogen (secondary N) is 1. The Kier molecular flexibility index (Phi) is 3.62. The summed E-state index contributed by atoms with van der Waals surface area (Å²) in [5.41, 5.74) is 4.66. The van der Waals surface area contributed by atoms with Crippen molar-refractivity contribution < 1.29 is 0 Å². The quantitative estimate of drug-likeness (QED) is 0.605. The third-order valence-corrected chi connectivity index (χ3v) is 4.17. The molecule has 0 heterocycles. The van der Waals surface area contributed by atoms with Gasteiger partial charge in [0, 0.05) is 11.5 Å². The molecule has 0 spiro atoms. The Morgan fingerprint density at radius 2 is 1.75 bits per heavy atom. The van der Waals surface area contributed by atoms with Crippen LogP contribution >= 0.6 is 0 Å². The van der Waals surface area contributed by atoms with Crippen LogP contribution in [0.1, 0.15) is 44.6 Å². The SMILES string of the molecule is CC(NN)C1(c2ccccc2)CCCCC1. The molecule has 88 valence electrons. The van der Waals surface area contributed by atoms with Gasteiger partial charge in [-0.15, -0.1) is 0 Å². The molecule has 1 atom stereocenters. The third kappa shape index (κ3) is 2.00. The van der Waals surface area contributed by atoms with Crippen LogP contribution in [0.2, 0.25) is 0 Å². The molecule has 2 nitrogen and oxygen atoms in total. The van der Waals surface area contributed by atoms with E-state index >= 15 is 0 Å². The lowest BCUT2D eigenvalue weighted by Crippen LogP contribution is -2.50. The summed E-state index contributed by atoms with van der Waals surface area (Å²) in [6, 6.07) is 11.2. The molecule has 1 saturated carbocycles. The predicted molar refractivity (Wildman–Crippen MR) is 68.0 cm³/mol. The molecule has 0 bridgehead atoms. The zero-order chi connectivity index (χ0) is 11.4. The van der Waals surface area contributed by atoms with Crippen LogP contribution in [0.5, 0.6) is 0 Å². The Hall–Kier alpha value is -0.860. The third-order valence-electron chi connectivity index (χ3n) is 4.17. The van der Waals surface area contributed by atoms with Gasteiger partial charge in [0.15, 0.2) is 0 Å². The summed E-state index contributed by atoms with van der Waals surface area (Å²) in [6.45, 7) is 2.21. The first kappa shape index (κ1) is 11.6. The standard InChI is InChI=1S/C14H22N2/c1-12(16-15)14(10-6-3-7-11-14)13-8-4-2-5-9-13/h2,4-5,8-9,12,16H,3,6-7,10-11,15H2,1H3. The molecule has 1 aliphatic carbocycles. The minimum Gasteiger partial charge on any atom is -0.271 e. The smallest absolute Gasteiger partial charge is 0.0279 e. The molecule has 1 fully saturated rings. The molecular formula is C14H22N2. The first-order valence-electron chi connectivity index (χ1n) is 6.31. The molecule has 1 aliphatic rings. The monoisotopic (exact) mass is 218 g/mol. The summed E-state index contributed by atoms with van der Waals surface area (Å²) in [5.74, 6) is 5.68. The van der Waals surface area contributed by atoms with E-state index in [1.54, 1.807) is 0 Å². The van der Waals surface area contributed by atoms with E-state index in [4.69, 9.17) is 5.84 Å². The lowest BCUT2D eigenvalue weighted by Gasteiger charge is -2.42. The highest BCUT2D eigenvalue weighted by molar-refractivity contribution is 5.28. The Labute approximate surface area is 98.2 Å². The van der Waals surface area contributed by atoms with Gasteiger partial charge in [-0.25, -0.2) is 0 Å². The van der Waals surface area contributed by atoms with E-state index in [2.05, 4.69) is 42.7 Å². The first-order chi connectivity index (χ1) is 7.79. The van der Waals surface area contributed by atoms with Gasteiger partial charge in [0.25, 0.3) is 0 Å². The predicted octanol–water partition coefficient (Wildman–Crippen LogP) is 2.74. The fourth-order valence-corrected chi connectivity index (χ4v) is 3.08. The highest BCUT2D eigenvalue weighted by Gasteiger charge is 2.38. The normalized spacial score (nSPS) is 21.6. The highest BCUT2D eigenvalue weighted by atomic mass is 15.2. The van der Waals surface area contributed by atoms with E-state index in [9.17, 15) is 0 Å². The number of benzene rings is 1. The van der Waals surface area contributed by atoms with Crippen LogP contribution in [0.25, 0.3) is 0 Å². The molecule has 0 aliphatic heterocycles. The van der Waals surface area contributed by atoms with Gasteiger partial charge in [0.2, 0.25) is 0 Å². The van der Waals surface area contributed by atoms with E-state index in [-0.39, 0.29) is 5.41 Å². The summed E-state index contributed by atoms with van der Waals surface area (Å²) in [5, 5.41) is 0. The van der Waals surface area contributed by atoms with Crippen LogP contribution in [0, 0.1) is 0 Å². The van der Waals surface area contributed by atoms with E-state index < -0.39 is 0 Å². The minimum absolute atomic E-state index is 0.244. The Balaban J connectivity index is 2.34. The topological polar surface area (TPSA) is 38.0 Å². The maximum Gasteiger partial charge on any atom is 0.0279 e. The van der Waals surface area contributed by atoms with Gasteiger partial charge in [0.05, 0.1) is 0 Å². The lowest BCUT2D eigenvalue weighted by molar-refractivity contribution is 0.224. The molecule has 1 aromatic carbocycles. The Morgan fingerprint density at radius 3 is 2.31 bits per heavy atom. The van der Waals surface area contributed by atoms with Gasteiger partial charge in [-0.2, -0.15) is 0 Å². The molecule has 2 heteroatoms. The molecule has 3 N–H and O–H groups in total. The van der Waals surface area contributed by atoms with Crippen molar-refractivity contribution in [2.45, 2.75) is 50.5 Å². The van der Waals surface area contributed by atoms with Crippen molar-refractivity contribution in [3.63, 3.8) is 0 Å². The second kappa shape index (κ2) is 4.98. The molecule has 2 rings (SSSR count). The molecule has 0 saturated heterocycles. The maximum absolute atomic E-state index is 5.68. The molecule has 0 amide bonds. The van der Waals surface area contributed by atoms with Gasteiger partial charge < -0.3 is 0 Å². The van der Waals surface area contributed by atoms with Gasteiger partial charge in [-0.05, 0) is 25.3 Å². The van der Waals surface area contributed by atoms with Crippen molar-refractivity contribution >= 4 is 0 Å². The van der Waals surface area contributed by atoms with Crippen LogP contribution in [0.4, 0.5) is 0 Å². The fraction of sp³-hybridized carbons (Fsp3) is 0.571. The number of hydrazine groups is 1. The second-order valence-electron chi connectivity index (χ2n) is 4.97. The van der Waals surface area contributed by atoms with Crippen molar-refractivity contribution in [1.29, 1.82) is 0 Å². The zero-order valence-electron chi connectivity index (χ0n) is 10.1. The first-order valence-corrected chi connectivity index (χ1v) is 6.31. The van der Waals surface area contributed by atoms with Gasteiger partial charge in [-0.1, -0.05) is 49.6 Å². The molecule has 16 heavy (non-hydrogen) atoms. The number of hydrogen-bond donors (Lipinski definition) is 2. The maximum atomic E-state index is 5.68. The number of nitrogens with two attached hydrogens (primary N) is 1. The fourth-order valence-electron chi connectivity index (χ4n) is 3.08. The van der Waals surface area contributed by atoms with E-state index in [0.29, 0.717) is 6.04 Å². The molecule has 0 aromatic heterocycles. The van der Waals surface area contributed by atoms with Crippen molar-refractivity contribution in [3.05, 3.63) is 35.9 Å². The molecule has 1 unspecified atom stereocenters. The van der Waals surface area contributed by atoms with Crippen molar-refractivity contribution in [2.24, 2.45) is 5.84 Å². The Morgan fingerprint density at radius 1 is 1.12 bits per heavy atom. The molecule has 0 radical (unpaired) electrons. The van der Waals surface area contributed by atoms with E-state index in [1.165, 1.54) is 37.7 Å². The molecular weight excluding hydrogens is 196 g/mol. The second-order valence-corrected chi connectivity index (χ2v) is 4.97. The number of hydrogen-bond acceptors (Lipinski definition) is 2. The van der Waals surface area contributed by atoms with Gasteiger partial charge in [0.1, 0.15) is 0 Å². The molecule has 1 aromatic rings. The summed E-state index contributed by atoms with van der Waals surface area (Å²) < 4.78 is 0. The zero-order valence-corrected chi connectivity index (χ0v) is 10.1. The summed E-state index contributed by atoms with van der Waals surface area (Å²) in [4.78, 5) is 0. The van der Waals surface area contributed by atoms with E-state index in [1.807, 2.05) is 0 Å². The van der Waals surface area contributed by atoms with Crippen LogP contribution in [0.15, 0.2) is 30.3 Å². The van der Waals surface area contributed by atoms with Crippen molar-refractivity contribution in [3.8, 4) is 0 Å². The Bertz CT molecular complexity index is 315. The van der Waals surface area contributed by atoms with E-state index in [0.717, 1.165) is 0 Å². The average Bonchev–Trinajstić information content (AvgIpc) is 2.39. The van der Waals surface area contributed by atoms with Crippen LogP contribution < -0.4 is 11.3 Å². The summed E-state index contributed by atoms with van der Waals surface area (Å²) in [6.07, 6.45) is 6.51. The van der Waals surface area contributed by atoms with Crippen LogP contribution in [-0.4, -0.2) is 6.04 Å². The summed E-state index contributed by atoms with van der Waals surface area (Å²) >= 11 is 0. The van der Waals surface area contributed by atoms with Crippen LogP contribution in [0.3, 0.4) is 0 Å². The lowest BCUT2D eigenvalue weighted by atomic mass is 9.65. The van der Waals surface area contributed by atoms with Crippen LogP contribution in [-0.2, 0) is 5.41 Å². The van der Waals surface area contributed by atoms with Gasteiger partial charge in [-0.3, -0.25) is 11.3 Å². The van der Waals surface area contributed by atoms with Crippen molar-refractivity contribution in [1.82, 2.24) is 5.43 Å². The van der Waals surface area contributed by atoms with Gasteiger partial charge >= 0.3 is 0 Å². The highest BCUT2D eigenvalue weighted by Crippen LogP contribution is 2.41. The number of rotatable bonds is 3. The average molecular weight is 218 g/mol. The minimum atomic E-state index is 0.244. The largest absolute Gasteiger partial charge is 0.271 e. The van der Waals surface area contributed by atoms with Crippen molar-refractivity contribution in [2.75, 3.05) is 0 Å². The summed E-state index contributed by atoms with van der Waals surface area (Å²) in [7, 11) is 0.